The van der Waals surface area contributed by atoms with Crippen LogP contribution in [0, 0.1) is 5.82 Å². The van der Waals surface area contributed by atoms with E-state index in [2.05, 4.69) is 184 Å². The predicted octanol–water partition coefficient (Wildman–Crippen LogP) is 5.38. The number of para-hydroxylation sites is 7. The summed E-state index contributed by atoms with van der Waals surface area (Å²) >= 11 is 13.5. The van der Waals surface area contributed by atoms with Crippen molar-refractivity contribution >= 4 is 109 Å². The zero-order chi connectivity index (χ0) is 39.8. The molecule has 1 aliphatic heterocycles. The summed E-state index contributed by atoms with van der Waals surface area (Å²) < 4.78 is 38.1. The molecule has 0 unspecified atom stereocenters. The quantitative estimate of drug-likeness (QED) is 0.101. The molecule has 0 amide bonds. The molecule has 10 rings (SSSR count). The first-order valence-electron chi connectivity index (χ1n) is 16.9. The van der Waals surface area contributed by atoms with Gasteiger partial charge >= 0.3 is 103 Å². The van der Waals surface area contributed by atoms with Gasteiger partial charge in [0.15, 0.2) is 0 Å². The molecule has 4 heterocycles. The van der Waals surface area contributed by atoms with Crippen molar-refractivity contribution < 1.29 is 129 Å². The van der Waals surface area contributed by atoms with E-state index in [0.29, 0.717) is 0 Å². The van der Waals surface area contributed by atoms with E-state index in [1.54, 1.807) is 6.07 Å². The monoisotopic (exact) mass is 1070 g/mol. The molecule has 280 valence electrons. The van der Waals surface area contributed by atoms with Gasteiger partial charge < -0.3 is 11.6 Å². The molecule has 0 radical (unpaired) electrons. The Morgan fingerprint density at radius 1 is 0.702 bits per heavy atom. The Morgan fingerprint density at radius 3 is 1.75 bits per heavy atom. The van der Waals surface area contributed by atoms with Gasteiger partial charge in [0.1, 0.15) is 11.6 Å². The number of benzene rings is 6. The number of imidazole rings is 3. The number of alkyl halides is 1. The van der Waals surface area contributed by atoms with Gasteiger partial charge in [0.05, 0.1) is 53.0 Å². The van der Waals surface area contributed by atoms with Crippen LogP contribution in [0.4, 0.5) is 8.78 Å². The summed E-state index contributed by atoms with van der Waals surface area (Å²) in [5, 5.41) is 8.43. The maximum Gasteiger partial charge on any atom is 1.00 e. The fourth-order valence-corrected chi connectivity index (χ4v) is 8.81. The first kappa shape index (κ1) is 46.6. The third kappa shape index (κ3) is 11.3. The van der Waals surface area contributed by atoms with E-state index < -0.39 is 7.15 Å². The van der Waals surface area contributed by atoms with E-state index in [9.17, 15) is 8.78 Å². The Balaban J connectivity index is 0.000000231. The largest absolute Gasteiger partial charge is 1.00 e. The molecule has 6 aromatic carbocycles. The minimum atomic E-state index is -1.00. The third-order valence-corrected chi connectivity index (χ3v) is 10.1. The van der Waals surface area contributed by atoms with Crippen LogP contribution in [-0.2, 0) is 16.1 Å². The fraction of sp³-hybridized carbons (Fsp3) is 0.0488. The van der Waals surface area contributed by atoms with Crippen molar-refractivity contribution in [3.8, 4) is 11.4 Å². The molecule has 0 saturated carbocycles. The van der Waals surface area contributed by atoms with Crippen molar-refractivity contribution in [1.29, 1.82) is 0 Å². The van der Waals surface area contributed by atoms with E-state index in [4.69, 9.17) is 16.4 Å². The summed E-state index contributed by atoms with van der Waals surface area (Å²) in [6.45, 7) is -0.181. The van der Waals surface area contributed by atoms with Crippen molar-refractivity contribution in [2.75, 3.05) is 7.15 Å². The van der Waals surface area contributed by atoms with Crippen LogP contribution < -0.4 is 108 Å². The van der Waals surface area contributed by atoms with Crippen LogP contribution >= 0.6 is 63.7 Å². The summed E-state index contributed by atoms with van der Waals surface area (Å²) in [6.07, 6.45) is 0.949. The van der Waals surface area contributed by atoms with Crippen LogP contribution in [0.1, 0.15) is 14.2 Å². The second kappa shape index (κ2) is 22.9. The van der Waals surface area contributed by atoms with Gasteiger partial charge in [-0.25, -0.2) is 14.4 Å². The second-order valence-corrected chi connectivity index (χ2v) is 15.3. The van der Waals surface area contributed by atoms with E-state index in [1.165, 1.54) is 28.9 Å². The van der Waals surface area contributed by atoms with Crippen LogP contribution in [0.5, 0.6) is 0 Å². The van der Waals surface area contributed by atoms with Crippen LogP contribution in [0.2, 0.25) is 0 Å². The molecule has 0 fully saturated rings. The fourth-order valence-electron chi connectivity index (χ4n) is 6.31. The molecule has 9 aromatic rings. The Morgan fingerprint density at radius 2 is 1.18 bits per heavy atom. The van der Waals surface area contributed by atoms with Gasteiger partial charge in [-0.1, -0.05) is 118 Å². The molecule has 0 saturated heterocycles. The molecule has 8 nitrogen and oxygen atoms in total. The van der Waals surface area contributed by atoms with E-state index in [-0.39, 0.29) is 116 Å². The van der Waals surface area contributed by atoms with Crippen molar-refractivity contribution in [1.82, 2.24) is 23.5 Å². The van der Waals surface area contributed by atoms with E-state index in [0.717, 1.165) is 69.2 Å². The molecule has 0 atom stereocenters. The molecule has 16 heteroatoms. The van der Waals surface area contributed by atoms with Crippen LogP contribution in [-0.4, -0.2) is 37.1 Å². The van der Waals surface area contributed by atoms with Gasteiger partial charge in [0.2, 0.25) is 5.78 Å². The molecule has 0 N–H and O–H groups in total. The molecule has 0 bridgehead atoms. The minimum Gasteiger partial charge on any atom is -1.00 e. The zero-order valence-electron chi connectivity index (χ0n) is 32.4. The first-order chi connectivity index (χ1) is 27.2. The molecule has 0 aliphatic carbocycles. The van der Waals surface area contributed by atoms with Gasteiger partial charge in [0, 0.05) is 24.3 Å². The van der Waals surface area contributed by atoms with Crippen LogP contribution in [0.25, 0.3) is 50.3 Å². The van der Waals surface area contributed by atoms with Crippen molar-refractivity contribution in [3.05, 3.63) is 169 Å². The zero-order valence-corrected chi connectivity index (χ0v) is 43.0. The molecule has 0 spiro atoms. The summed E-state index contributed by atoms with van der Waals surface area (Å²) in [7, 11) is -1.00. The number of carbonyl (C=O) groups excluding carboxylic acids is 1. The Kier molecular flexibility index (Phi) is 18.8. The van der Waals surface area contributed by atoms with Gasteiger partial charge in [-0.05, 0) is 84.4 Å². The SMILES string of the molecule is Brc1cc(Br)cc(-n2c3ccccc3n3c4ccccc4nc23)c1.Fc1cc(Br)cc(Br)c1.O=CO[O-].[2H]CF.[H-].[K+].[K+].c1ccc2c(c1)Cc1nc3ccccc3n1-2. The normalized spacial score (nSPS) is 10.8. The number of hydrogen-bond acceptors (Lipinski definition) is 5. The molecular weight excluding hydrogens is 1050 g/mol. The first-order valence-corrected chi connectivity index (χ1v) is 19.4. The summed E-state index contributed by atoms with van der Waals surface area (Å²) in [6, 6.07) is 44.3. The Hall–Kier alpha value is -1.46. The maximum absolute atomic E-state index is 12.4. The van der Waals surface area contributed by atoms with Crippen molar-refractivity contribution in [2.24, 2.45) is 0 Å². The van der Waals surface area contributed by atoms with Gasteiger partial charge in [-0.3, -0.25) is 22.7 Å². The maximum atomic E-state index is 12.4. The summed E-state index contributed by atoms with van der Waals surface area (Å²) in [4.78, 5) is 20.8. The smallest absolute Gasteiger partial charge is 1.00 e. The molecular formula is C41H29Br4F2K2N5O3. The number of rotatable bonds is 2. The molecule has 3 aromatic heterocycles. The van der Waals surface area contributed by atoms with Gasteiger partial charge in [-0.15, -0.1) is 0 Å². The number of aromatic nitrogens is 5. The topological polar surface area (TPSA) is 89.4 Å². The number of hydrogen-bond donors (Lipinski definition) is 0. The standard InChI is InChI=1S/C19H11Br2N3.C14H10N2.C6H3Br2F.CH3F.CH2O3.2K.H/c20-12-9-13(21)11-14(10-12)23-17-7-3-4-8-18(17)24-16-6-2-1-5-15(16)22-19(23)24;1-3-7-12-10(5-1)9-14-15-11-6-2-4-8-13(11)16(12)14;7-4-1-5(8)3-6(9)2-4;1-2;2-1-4-3;;;/h1-11H;1-8H,9H2;1-3H;1H3;1,3H;;;/q;;;;;2*+1;-1/p-1/i;;;1D;;;;. The average molecular weight is 1080 g/mol. The van der Waals surface area contributed by atoms with E-state index >= 15 is 0 Å². The second-order valence-electron chi connectivity index (χ2n) is 11.6. The summed E-state index contributed by atoms with van der Waals surface area (Å²) in [5.74, 6) is 1.83. The molecule has 1 aliphatic rings. The molecule has 57 heavy (non-hydrogen) atoms. The van der Waals surface area contributed by atoms with Crippen LogP contribution in [0.3, 0.4) is 0 Å². The summed E-state index contributed by atoms with van der Waals surface area (Å²) in [5.41, 5.74) is 10.4. The average Bonchev–Trinajstić information content (AvgIpc) is 3.92. The van der Waals surface area contributed by atoms with Crippen molar-refractivity contribution in [3.63, 3.8) is 0 Å². The van der Waals surface area contributed by atoms with E-state index in [1.807, 2.05) is 18.2 Å². The van der Waals surface area contributed by atoms with Crippen molar-refractivity contribution in [2.45, 2.75) is 6.42 Å². The third-order valence-electron chi connectivity index (χ3n) is 8.29. The number of nitrogens with zero attached hydrogens (tertiary/aromatic N) is 5. The predicted molar refractivity (Wildman–Crippen MR) is 226 cm³/mol. The Bertz CT molecular complexity index is 2740. The Labute approximate surface area is 448 Å². The number of halogens is 6. The minimum absolute atomic E-state index is 0. The number of carbonyl (C=O) groups is 1. The number of fused-ring (bicyclic) bond motifs is 10. The van der Waals surface area contributed by atoms with Gasteiger partial charge in [0.25, 0.3) is 6.47 Å². The van der Waals surface area contributed by atoms with Gasteiger partial charge in [-0.2, -0.15) is 0 Å². The van der Waals surface area contributed by atoms with Crippen LogP contribution in [0.15, 0.2) is 151 Å².